The fourth-order valence-corrected chi connectivity index (χ4v) is 3.00. The summed E-state index contributed by atoms with van der Waals surface area (Å²) in [6.45, 7) is 8.41. The molecule has 0 aliphatic rings. The molecule has 0 aliphatic heterocycles. The third-order valence-electron chi connectivity index (χ3n) is 4.51. The van der Waals surface area contributed by atoms with Crippen LogP contribution in [-0.4, -0.2) is 41.1 Å². The van der Waals surface area contributed by atoms with E-state index in [4.69, 9.17) is 14.0 Å². The predicted octanol–water partition coefficient (Wildman–Crippen LogP) is 2.77. The molecule has 0 saturated heterocycles. The smallest absolute Gasteiger partial charge is 0.339 e. The number of H-pyrrole nitrogens is 1. The number of nitrogens with zero attached hydrogens (tertiary/aromatic N) is 1. The molecular weight excluding hydrogens is 352 g/mol. The van der Waals surface area contributed by atoms with E-state index in [2.05, 4.69) is 10.1 Å². The van der Waals surface area contributed by atoms with Crippen LogP contribution in [0.25, 0.3) is 0 Å². The molecule has 0 aromatic carbocycles. The van der Waals surface area contributed by atoms with Crippen molar-refractivity contribution in [2.45, 2.75) is 53.6 Å². The van der Waals surface area contributed by atoms with Gasteiger partial charge in [0, 0.05) is 17.7 Å². The highest BCUT2D eigenvalue weighted by Crippen LogP contribution is 2.21. The number of rotatable bonds is 7. The fraction of sp³-hybridized carbons (Fsp3) is 0.474. The standard InChI is InChI=1S/C19H24N2O6/c1-9-16(19(24)25-6)11(3)20-17(9)18(23)13(5)26-15(22)8-7-14-10(2)21-27-12(14)4/h13,20H,7-8H2,1-6H3/t13-/m0/s1. The monoisotopic (exact) mass is 376 g/mol. The second kappa shape index (κ2) is 8.20. The number of Topliss-reactive ketones (excluding diaryl/α,β-unsaturated/α-hetero) is 1. The molecule has 2 aromatic heterocycles. The zero-order valence-corrected chi connectivity index (χ0v) is 16.4. The summed E-state index contributed by atoms with van der Waals surface area (Å²) >= 11 is 0. The van der Waals surface area contributed by atoms with Gasteiger partial charge in [-0.15, -0.1) is 0 Å². The van der Waals surface area contributed by atoms with E-state index in [0.29, 0.717) is 29.0 Å². The maximum Gasteiger partial charge on any atom is 0.339 e. The van der Waals surface area contributed by atoms with Crippen molar-refractivity contribution in [1.29, 1.82) is 0 Å². The van der Waals surface area contributed by atoms with Gasteiger partial charge in [-0.2, -0.15) is 0 Å². The van der Waals surface area contributed by atoms with Crippen molar-refractivity contribution in [2.75, 3.05) is 7.11 Å². The summed E-state index contributed by atoms with van der Waals surface area (Å²) in [5.41, 5.74) is 3.15. The lowest BCUT2D eigenvalue weighted by atomic mass is 10.1. The quantitative estimate of drug-likeness (QED) is 0.584. The number of aromatic nitrogens is 2. The summed E-state index contributed by atoms with van der Waals surface area (Å²) in [6.07, 6.45) is -0.450. The van der Waals surface area contributed by atoms with Crippen molar-refractivity contribution in [3.05, 3.63) is 39.5 Å². The molecule has 0 saturated carbocycles. The van der Waals surface area contributed by atoms with Crippen LogP contribution in [0, 0.1) is 27.7 Å². The summed E-state index contributed by atoms with van der Waals surface area (Å²) in [4.78, 5) is 39.5. The van der Waals surface area contributed by atoms with Gasteiger partial charge in [-0.1, -0.05) is 5.16 Å². The van der Waals surface area contributed by atoms with Gasteiger partial charge in [0.15, 0.2) is 6.10 Å². The zero-order valence-electron chi connectivity index (χ0n) is 16.4. The number of esters is 2. The van der Waals surface area contributed by atoms with Crippen molar-refractivity contribution >= 4 is 17.7 Å². The summed E-state index contributed by atoms with van der Waals surface area (Å²) in [6, 6.07) is 0. The molecule has 0 spiro atoms. The van der Waals surface area contributed by atoms with Gasteiger partial charge >= 0.3 is 11.9 Å². The largest absolute Gasteiger partial charge is 0.465 e. The minimum atomic E-state index is -0.982. The number of ketones is 1. The first kappa shape index (κ1) is 20.4. The second-order valence-corrected chi connectivity index (χ2v) is 6.42. The molecule has 1 N–H and O–H groups in total. The molecule has 0 bridgehead atoms. The minimum Gasteiger partial charge on any atom is -0.465 e. The molecule has 0 radical (unpaired) electrons. The molecule has 2 rings (SSSR count). The average Bonchev–Trinajstić information content (AvgIpc) is 3.10. The third kappa shape index (κ3) is 4.27. The first-order chi connectivity index (χ1) is 12.7. The normalized spacial score (nSPS) is 11.9. The van der Waals surface area contributed by atoms with Crippen LogP contribution in [0.1, 0.15) is 62.5 Å². The highest BCUT2D eigenvalue weighted by atomic mass is 16.5. The van der Waals surface area contributed by atoms with Gasteiger partial charge in [-0.25, -0.2) is 4.79 Å². The molecule has 8 heteroatoms. The lowest BCUT2D eigenvalue weighted by molar-refractivity contribution is -0.146. The molecule has 0 amide bonds. The predicted molar refractivity (Wildman–Crippen MR) is 95.8 cm³/mol. The molecule has 27 heavy (non-hydrogen) atoms. The van der Waals surface area contributed by atoms with Crippen molar-refractivity contribution in [3.63, 3.8) is 0 Å². The Morgan fingerprint density at radius 2 is 1.85 bits per heavy atom. The molecule has 0 fully saturated rings. The summed E-state index contributed by atoms with van der Waals surface area (Å²) < 4.78 is 15.1. The van der Waals surface area contributed by atoms with Gasteiger partial charge in [-0.05, 0) is 46.6 Å². The van der Waals surface area contributed by atoms with Crippen LogP contribution in [0.15, 0.2) is 4.52 Å². The number of hydrogen-bond acceptors (Lipinski definition) is 7. The molecule has 2 aromatic rings. The van der Waals surface area contributed by atoms with Crippen molar-refractivity contribution < 1.29 is 28.4 Å². The number of carbonyl (C=O) groups is 3. The maximum absolute atomic E-state index is 12.6. The first-order valence-corrected chi connectivity index (χ1v) is 8.60. The Morgan fingerprint density at radius 1 is 1.19 bits per heavy atom. The number of nitrogens with one attached hydrogen (secondary N) is 1. The van der Waals surface area contributed by atoms with Gasteiger partial charge in [0.2, 0.25) is 5.78 Å². The minimum absolute atomic E-state index is 0.108. The van der Waals surface area contributed by atoms with Gasteiger partial charge in [0.25, 0.3) is 0 Å². The summed E-state index contributed by atoms with van der Waals surface area (Å²) in [5.74, 6) is -0.761. The van der Waals surface area contributed by atoms with Crippen LogP contribution < -0.4 is 0 Å². The van der Waals surface area contributed by atoms with Gasteiger partial charge < -0.3 is 19.0 Å². The lowest BCUT2D eigenvalue weighted by Gasteiger charge is -2.12. The Bertz CT molecular complexity index is 858. The molecule has 0 aliphatic carbocycles. The zero-order chi connectivity index (χ0) is 20.3. The topological polar surface area (TPSA) is 111 Å². The number of carbonyl (C=O) groups excluding carboxylic acids is 3. The van der Waals surface area contributed by atoms with E-state index >= 15 is 0 Å². The molecular formula is C19H24N2O6. The molecule has 1 atom stereocenters. The van der Waals surface area contributed by atoms with Crippen LogP contribution >= 0.6 is 0 Å². The van der Waals surface area contributed by atoms with E-state index < -0.39 is 23.8 Å². The first-order valence-electron chi connectivity index (χ1n) is 8.60. The highest BCUT2D eigenvalue weighted by molar-refractivity contribution is 6.03. The van der Waals surface area contributed by atoms with E-state index in [9.17, 15) is 14.4 Å². The number of ether oxygens (including phenoxy) is 2. The Balaban J connectivity index is 2.03. The Morgan fingerprint density at radius 3 is 2.41 bits per heavy atom. The van der Waals surface area contributed by atoms with E-state index in [1.807, 2.05) is 0 Å². The van der Waals surface area contributed by atoms with E-state index in [1.54, 1.807) is 27.7 Å². The van der Waals surface area contributed by atoms with Crippen LogP contribution in [0.3, 0.4) is 0 Å². The van der Waals surface area contributed by atoms with Crippen molar-refractivity contribution in [3.8, 4) is 0 Å². The van der Waals surface area contributed by atoms with Crippen LogP contribution in [-0.2, 0) is 20.7 Å². The average molecular weight is 376 g/mol. The van der Waals surface area contributed by atoms with Crippen LogP contribution in [0.2, 0.25) is 0 Å². The van der Waals surface area contributed by atoms with Crippen LogP contribution in [0.5, 0.6) is 0 Å². The fourth-order valence-electron chi connectivity index (χ4n) is 3.00. The second-order valence-electron chi connectivity index (χ2n) is 6.42. The SMILES string of the molecule is COC(=O)c1c(C)[nH]c(C(=O)[C@H](C)OC(=O)CCc2c(C)noc2C)c1C. The molecule has 0 unspecified atom stereocenters. The number of aromatic amines is 1. The number of methoxy groups -OCH3 is 1. The van der Waals surface area contributed by atoms with E-state index in [-0.39, 0.29) is 12.1 Å². The third-order valence-corrected chi connectivity index (χ3v) is 4.51. The van der Waals surface area contributed by atoms with Gasteiger partial charge in [0.1, 0.15) is 5.76 Å². The van der Waals surface area contributed by atoms with E-state index in [0.717, 1.165) is 11.3 Å². The lowest BCUT2D eigenvalue weighted by Crippen LogP contribution is -2.25. The van der Waals surface area contributed by atoms with Crippen molar-refractivity contribution in [1.82, 2.24) is 10.1 Å². The van der Waals surface area contributed by atoms with Gasteiger partial charge in [0.05, 0.1) is 24.1 Å². The maximum atomic E-state index is 12.6. The number of hydrogen-bond donors (Lipinski definition) is 1. The highest BCUT2D eigenvalue weighted by Gasteiger charge is 2.27. The Hall–Kier alpha value is -2.90. The number of aryl methyl sites for hydroxylation is 3. The Labute approximate surface area is 157 Å². The summed E-state index contributed by atoms with van der Waals surface area (Å²) in [5, 5.41) is 3.84. The van der Waals surface area contributed by atoms with E-state index in [1.165, 1.54) is 14.0 Å². The molecule has 2 heterocycles. The van der Waals surface area contributed by atoms with Gasteiger partial charge in [-0.3, -0.25) is 9.59 Å². The molecule has 8 nitrogen and oxygen atoms in total. The van der Waals surface area contributed by atoms with Crippen LogP contribution in [0.4, 0.5) is 0 Å². The molecule has 146 valence electrons. The Kier molecular flexibility index (Phi) is 6.20. The summed E-state index contributed by atoms with van der Waals surface area (Å²) in [7, 11) is 1.28. The van der Waals surface area contributed by atoms with Crippen molar-refractivity contribution in [2.24, 2.45) is 0 Å².